The molecule has 0 aliphatic carbocycles. The summed E-state index contributed by atoms with van der Waals surface area (Å²) in [6, 6.07) is 6.88. The lowest BCUT2D eigenvalue weighted by Gasteiger charge is -2.11. The Balaban J connectivity index is 1.66. The van der Waals surface area contributed by atoms with Crippen LogP contribution >= 0.6 is 0 Å². The van der Waals surface area contributed by atoms with E-state index in [1.807, 2.05) is 0 Å². The number of ether oxygens (including phenoxy) is 1. The van der Waals surface area contributed by atoms with Gasteiger partial charge in [0.2, 0.25) is 23.6 Å². The van der Waals surface area contributed by atoms with Gasteiger partial charge in [0.15, 0.2) is 0 Å². The van der Waals surface area contributed by atoms with Crippen LogP contribution in [0, 0.1) is 0 Å². The number of aromatic nitrogens is 2. The Morgan fingerprint density at radius 2 is 2.04 bits per heavy atom. The SMILES string of the molecule is COc1cccc(-c2nnc(NC(=O)CN3C(=O)CCC3=O)o2)c1. The number of likely N-dealkylation sites (tertiary alicyclic amines) is 1. The van der Waals surface area contributed by atoms with E-state index in [1.165, 1.54) is 0 Å². The largest absolute Gasteiger partial charge is 0.497 e. The normalized spacial score (nSPS) is 14.1. The minimum Gasteiger partial charge on any atom is -0.497 e. The van der Waals surface area contributed by atoms with Crippen molar-refractivity contribution in [2.24, 2.45) is 0 Å². The maximum atomic E-state index is 11.9. The summed E-state index contributed by atoms with van der Waals surface area (Å²) in [6.07, 6.45) is 0.263. The van der Waals surface area contributed by atoms with Gasteiger partial charge in [-0.25, -0.2) is 0 Å². The Morgan fingerprint density at radius 1 is 1.29 bits per heavy atom. The highest BCUT2D eigenvalue weighted by Gasteiger charge is 2.30. The molecule has 1 fully saturated rings. The number of rotatable bonds is 5. The lowest BCUT2D eigenvalue weighted by Crippen LogP contribution is -2.36. The van der Waals surface area contributed by atoms with E-state index in [4.69, 9.17) is 9.15 Å². The number of carbonyl (C=O) groups is 3. The van der Waals surface area contributed by atoms with Gasteiger partial charge >= 0.3 is 6.01 Å². The van der Waals surface area contributed by atoms with Crippen molar-refractivity contribution in [2.75, 3.05) is 19.0 Å². The van der Waals surface area contributed by atoms with E-state index in [0.29, 0.717) is 11.3 Å². The Kier molecular flexibility index (Phi) is 4.23. The Morgan fingerprint density at radius 3 is 2.75 bits per heavy atom. The quantitative estimate of drug-likeness (QED) is 0.807. The van der Waals surface area contributed by atoms with Crippen molar-refractivity contribution in [1.82, 2.24) is 15.1 Å². The Bertz CT molecular complexity index is 785. The van der Waals surface area contributed by atoms with Crippen molar-refractivity contribution in [2.45, 2.75) is 12.8 Å². The van der Waals surface area contributed by atoms with Crippen molar-refractivity contribution in [3.8, 4) is 17.2 Å². The third kappa shape index (κ3) is 3.24. The first kappa shape index (κ1) is 15.7. The maximum Gasteiger partial charge on any atom is 0.322 e. The summed E-state index contributed by atoms with van der Waals surface area (Å²) in [4.78, 5) is 35.8. The summed E-state index contributed by atoms with van der Waals surface area (Å²) >= 11 is 0. The molecule has 3 amide bonds. The molecule has 9 heteroatoms. The summed E-state index contributed by atoms with van der Waals surface area (Å²) in [5.74, 6) is -0.477. The molecule has 2 aromatic rings. The molecule has 0 unspecified atom stereocenters. The number of methoxy groups -OCH3 is 1. The maximum absolute atomic E-state index is 11.9. The molecule has 24 heavy (non-hydrogen) atoms. The number of nitrogens with one attached hydrogen (secondary N) is 1. The molecule has 1 aliphatic rings. The van der Waals surface area contributed by atoms with E-state index in [0.717, 1.165) is 4.90 Å². The van der Waals surface area contributed by atoms with Crippen LogP contribution in [0.5, 0.6) is 5.75 Å². The molecule has 0 radical (unpaired) electrons. The van der Waals surface area contributed by atoms with Gasteiger partial charge in [-0.1, -0.05) is 11.2 Å². The molecule has 1 aromatic carbocycles. The minimum atomic E-state index is -0.584. The fourth-order valence-corrected chi connectivity index (χ4v) is 2.25. The van der Waals surface area contributed by atoms with Crippen LogP contribution < -0.4 is 10.1 Å². The topological polar surface area (TPSA) is 115 Å². The minimum absolute atomic E-state index is 0.114. The van der Waals surface area contributed by atoms with Gasteiger partial charge in [0.25, 0.3) is 0 Å². The van der Waals surface area contributed by atoms with Crippen molar-refractivity contribution < 1.29 is 23.5 Å². The molecule has 1 saturated heterocycles. The van der Waals surface area contributed by atoms with Gasteiger partial charge in [-0.3, -0.25) is 24.6 Å². The molecule has 1 N–H and O–H groups in total. The first-order valence-corrected chi connectivity index (χ1v) is 7.18. The number of amides is 3. The molecule has 124 valence electrons. The highest BCUT2D eigenvalue weighted by Crippen LogP contribution is 2.23. The van der Waals surface area contributed by atoms with Crippen LogP contribution in [0.15, 0.2) is 28.7 Å². The molecule has 9 nitrogen and oxygen atoms in total. The third-order valence-corrected chi connectivity index (χ3v) is 3.44. The Hall–Kier alpha value is -3.23. The number of hydrogen-bond acceptors (Lipinski definition) is 7. The second-order valence-corrected chi connectivity index (χ2v) is 5.07. The number of anilines is 1. The van der Waals surface area contributed by atoms with Gasteiger partial charge in [-0.05, 0) is 18.2 Å². The highest BCUT2D eigenvalue weighted by molar-refractivity contribution is 6.05. The van der Waals surface area contributed by atoms with E-state index >= 15 is 0 Å². The number of hydrogen-bond donors (Lipinski definition) is 1. The van der Waals surface area contributed by atoms with Crippen molar-refractivity contribution in [3.05, 3.63) is 24.3 Å². The fourth-order valence-electron chi connectivity index (χ4n) is 2.25. The lowest BCUT2D eigenvalue weighted by molar-refractivity contribution is -0.141. The van der Waals surface area contributed by atoms with Crippen LogP contribution in [-0.2, 0) is 14.4 Å². The predicted molar refractivity (Wildman–Crippen MR) is 80.9 cm³/mol. The molecule has 0 bridgehead atoms. The van der Waals surface area contributed by atoms with Crippen molar-refractivity contribution in [1.29, 1.82) is 0 Å². The molecule has 1 aromatic heterocycles. The summed E-state index contributed by atoms with van der Waals surface area (Å²) < 4.78 is 10.5. The average molecular weight is 330 g/mol. The second kappa shape index (κ2) is 6.49. The molecular formula is C15H14N4O5. The molecule has 3 rings (SSSR count). The van der Waals surface area contributed by atoms with E-state index in [1.54, 1.807) is 31.4 Å². The zero-order chi connectivity index (χ0) is 17.1. The predicted octanol–water partition coefficient (Wildman–Crippen LogP) is 0.833. The van der Waals surface area contributed by atoms with Crippen LogP contribution in [0.2, 0.25) is 0 Å². The van der Waals surface area contributed by atoms with Gasteiger partial charge in [0.1, 0.15) is 12.3 Å². The summed E-state index contributed by atoms with van der Waals surface area (Å²) in [5, 5.41) is 9.94. The standard InChI is InChI=1S/C15H14N4O5/c1-23-10-4-2-3-9(7-10)14-17-18-15(24-14)16-11(20)8-19-12(21)5-6-13(19)22/h2-4,7H,5-6,8H2,1H3,(H,16,18,20). The molecule has 0 atom stereocenters. The van der Waals surface area contributed by atoms with Crippen LogP contribution in [0.3, 0.4) is 0 Å². The summed E-state index contributed by atoms with van der Waals surface area (Å²) in [5.41, 5.74) is 0.632. The number of carbonyl (C=O) groups excluding carboxylic acids is 3. The van der Waals surface area contributed by atoms with Crippen LogP contribution in [0.4, 0.5) is 6.01 Å². The second-order valence-electron chi connectivity index (χ2n) is 5.07. The van der Waals surface area contributed by atoms with Crippen molar-refractivity contribution >= 4 is 23.7 Å². The van der Waals surface area contributed by atoms with Crippen molar-refractivity contribution in [3.63, 3.8) is 0 Å². The monoisotopic (exact) mass is 330 g/mol. The van der Waals surface area contributed by atoms with Gasteiger partial charge in [0, 0.05) is 18.4 Å². The molecular weight excluding hydrogens is 316 g/mol. The Labute approximate surface area is 136 Å². The van der Waals surface area contributed by atoms with Gasteiger partial charge in [-0.15, -0.1) is 5.10 Å². The molecule has 2 heterocycles. The molecule has 0 spiro atoms. The van der Waals surface area contributed by atoms with Gasteiger partial charge in [-0.2, -0.15) is 0 Å². The van der Waals surface area contributed by atoms with Crippen LogP contribution in [0.1, 0.15) is 12.8 Å². The van der Waals surface area contributed by atoms with Crippen LogP contribution in [-0.4, -0.2) is 46.5 Å². The van der Waals surface area contributed by atoms with E-state index in [9.17, 15) is 14.4 Å². The number of nitrogens with zero attached hydrogens (tertiary/aromatic N) is 3. The van der Waals surface area contributed by atoms with Gasteiger partial charge < -0.3 is 9.15 Å². The molecule has 0 saturated carbocycles. The van der Waals surface area contributed by atoms with E-state index in [-0.39, 0.29) is 43.1 Å². The summed E-state index contributed by atoms with van der Waals surface area (Å²) in [6.45, 7) is -0.367. The highest BCUT2D eigenvalue weighted by atomic mass is 16.5. The fraction of sp³-hybridized carbons (Fsp3) is 0.267. The zero-order valence-corrected chi connectivity index (χ0v) is 12.8. The molecule has 1 aliphatic heterocycles. The van der Waals surface area contributed by atoms with E-state index in [2.05, 4.69) is 15.5 Å². The number of imide groups is 1. The first-order chi connectivity index (χ1) is 11.6. The lowest BCUT2D eigenvalue weighted by atomic mass is 10.2. The van der Waals surface area contributed by atoms with Gasteiger partial charge in [0.05, 0.1) is 7.11 Å². The van der Waals surface area contributed by atoms with Crippen LogP contribution in [0.25, 0.3) is 11.5 Å². The zero-order valence-electron chi connectivity index (χ0n) is 12.8. The smallest absolute Gasteiger partial charge is 0.322 e. The van der Waals surface area contributed by atoms with E-state index < -0.39 is 5.91 Å². The number of benzene rings is 1. The first-order valence-electron chi connectivity index (χ1n) is 7.18. The summed E-state index contributed by atoms with van der Waals surface area (Å²) in [7, 11) is 1.54. The average Bonchev–Trinajstić information content (AvgIpc) is 3.17. The third-order valence-electron chi connectivity index (χ3n) is 3.44.